The summed E-state index contributed by atoms with van der Waals surface area (Å²) in [5.41, 5.74) is 3.85. The summed E-state index contributed by atoms with van der Waals surface area (Å²) in [6.07, 6.45) is 5.51. The maximum absolute atomic E-state index is 11.0. The Bertz CT molecular complexity index is 1090. The van der Waals surface area contributed by atoms with E-state index in [1.807, 2.05) is 42.6 Å². The van der Waals surface area contributed by atoms with E-state index in [1.54, 1.807) is 24.5 Å². The maximum atomic E-state index is 11.0. The standard InChI is InChI=1S/C19H12BrN3O2/c20-18-12-22(15-6-8-21-9-7-15)19-11-14(4-5-17(18)19)13-2-1-3-16(10-13)23(24)25/h1-12H. The van der Waals surface area contributed by atoms with Crippen molar-refractivity contribution in [1.82, 2.24) is 9.55 Å². The molecule has 0 atom stereocenters. The molecule has 0 unspecified atom stereocenters. The highest BCUT2D eigenvalue weighted by Crippen LogP contribution is 2.33. The molecule has 122 valence electrons. The van der Waals surface area contributed by atoms with Gasteiger partial charge in [0.05, 0.1) is 10.4 Å². The van der Waals surface area contributed by atoms with E-state index >= 15 is 0 Å². The summed E-state index contributed by atoms with van der Waals surface area (Å²) < 4.78 is 3.06. The number of nitro groups is 1. The van der Waals surface area contributed by atoms with Crippen LogP contribution in [0.3, 0.4) is 0 Å². The van der Waals surface area contributed by atoms with Crippen LogP contribution in [0.5, 0.6) is 0 Å². The number of nitro benzene ring substituents is 1. The van der Waals surface area contributed by atoms with Gasteiger partial charge in [-0.05, 0) is 45.3 Å². The van der Waals surface area contributed by atoms with Crippen LogP contribution in [0.15, 0.2) is 77.7 Å². The van der Waals surface area contributed by atoms with E-state index in [2.05, 4.69) is 25.5 Å². The van der Waals surface area contributed by atoms with Crippen molar-refractivity contribution in [3.05, 3.63) is 87.8 Å². The van der Waals surface area contributed by atoms with E-state index < -0.39 is 0 Å². The highest BCUT2D eigenvalue weighted by Gasteiger charge is 2.11. The van der Waals surface area contributed by atoms with Gasteiger partial charge in [-0.3, -0.25) is 15.1 Å². The number of non-ortho nitro benzene ring substituents is 1. The first-order chi connectivity index (χ1) is 12.1. The van der Waals surface area contributed by atoms with Crippen LogP contribution >= 0.6 is 15.9 Å². The van der Waals surface area contributed by atoms with Crippen molar-refractivity contribution >= 4 is 32.5 Å². The molecule has 0 aliphatic rings. The number of halogens is 1. The third kappa shape index (κ3) is 2.81. The van der Waals surface area contributed by atoms with Gasteiger partial charge in [-0.2, -0.15) is 0 Å². The predicted octanol–water partition coefficient (Wildman–Crippen LogP) is 5.36. The van der Waals surface area contributed by atoms with Crippen LogP contribution in [-0.4, -0.2) is 14.5 Å². The normalized spacial score (nSPS) is 10.9. The Kier molecular flexibility index (Phi) is 3.82. The van der Waals surface area contributed by atoms with E-state index in [-0.39, 0.29) is 10.6 Å². The first-order valence-corrected chi connectivity index (χ1v) is 8.38. The molecule has 0 saturated heterocycles. The molecule has 2 aromatic carbocycles. The summed E-state index contributed by atoms with van der Waals surface area (Å²) in [5, 5.41) is 12.1. The molecule has 0 amide bonds. The highest BCUT2D eigenvalue weighted by molar-refractivity contribution is 9.10. The van der Waals surface area contributed by atoms with Gasteiger partial charge < -0.3 is 4.57 Å². The van der Waals surface area contributed by atoms with Crippen molar-refractivity contribution in [1.29, 1.82) is 0 Å². The zero-order valence-corrected chi connectivity index (χ0v) is 14.6. The number of rotatable bonds is 3. The third-order valence-corrected chi connectivity index (χ3v) is 4.72. The molecule has 0 radical (unpaired) electrons. The fourth-order valence-corrected chi connectivity index (χ4v) is 3.42. The minimum Gasteiger partial charge on any atom is -0.315 e. The second kappa shape index (κ2) is 6.14. The summed E-state index contributed by atoms with van der Waals surface area (Å²) in [6, 6.07) is 16.6. The number of aromatic nitrogens is 2. The number of hydrogen-bond acceptors (Lipinski definition) is 3. The molecule has 0 bridgehead atoms. The van der Waals surface area contributed by atoms with Gasteiger partial charge >= 0.3 is 0 Å². The lowest BCUT2D eigenvalue weighted by Crippen LogP contribution is -1.92. The molecule has 0 fully saturated rings. The summed E-state index contributed by atoms with van der Waals surface area (Å²) >= 11 is 3.60. The number of nitrogens with zero attached hydrogens (tertiary/aromatic N) is 3. The molecular formula is C19H12BrN3O2. The Morgan fingerprint density at radius 3 is 2.52 bits per heavy atom. The van der Waals surface area contributed by atoms with Gasteiger partial charge in [0.1, 0.15) is 0 Å². The number of pyridine rings is 1. The molecule has 25 heavy (non-hydrogen) atoms. The van der Waals surface area contributed by atoms with Crippen molar-refractivity contribution < 1.29 is 4.92 Å². The number of hydrogen-bond donors (Lipinski definition) is 0. The van der Waals surface area contributed by atoms with Crippen LogP contribution in [0, 0.1) is 10.1 Å². The Morgan fingerprint density at radius 2 is 1.76 bits per heavy atom. The van der Waals surface area contributed by atoms with Gasteiger partial charge in [-0.15, -0.1) is 0 Å². The monoisotopic (exact) mass is 393 g/mol. The second-order valence-electron chi connectivity index (χ2n) is 5.59. The van der Waals surface area contributed by atoms with Crippen LogP contribution in [-0.2, 0) is 0 Å². The van der Waals surface area contributed by atoms with Crippen molar-refractivity contribution in [2.24, 2.45) is 0 Å². The highest BCUT2D eigenvalue weighted by atomic mass is 79.9. The van der Waals surface area contributed by atoms with Gasteiger partial charge in [0.25, 0.3) is 5.69 Å². The lowest BCUT2D eigenvalue weighted by Gasteiger charge is -2.07. The van der Waals surface area contributed by atoms with Crippen molar-refractivity contribution in [3.8, 4) is 16.8 Å². The largest absolute Gasteiger partial charge is 0.315 e. The Hall–Kier alpha value is -2.99. The van der Waals surface area contributed by atoms with E-state index in [4.69, 9.17) is 0 Å². The Labute approximate surface area is 151 Å². The average molecular weight is 394 g/mol. The molecule has 0 aliphatic carbocycles. The van der Waals surface area contributed by atoms with E-state index in [1.165, 1.54) is 6.07 Å². The average Bonchev–Trinajstić information content (AvgIpc) is 2.99. The molecule has 0 saturated carbocycles. The topological polar surface area (TPSA) is 61.0 Å². The molecule has 6 heteroatoms. The Balaban J connectivity index is 1.91. The smallest absolute Gasteiger partial charge is 0.270 e. The molecule has 4 rings (SSSR count). The SMILES string of the molecule is O=[N+]([O-])c1cccc(-c2ccc3c(Br)cn(-c4ccncc4)c3c2)c1. The van der Waals surface area contributed by atoms with Crippen LogP contribution < -0.4 is 0 Å². The van der Waals surface area contributed by atoms with E-state index in [0.29, 0.717) is 0 Å². The van der Waals surface area contributed by atoms with Gasteiger partial charge in [0.15, 0.2) is 0 Å². The summed E-state index contributed by atoms with van der Waals surface area (Å²) in [5.74, 6) is 0. The second-order valence-corrected chi connectivity index (χ2v) is 6.45. The van der Waals surface area contributed by atoms with Crippen LogP contribution in [0.4, 0.5) is 5.69 Å². The van der Waals surface area contributed by atoms with Gasteiger partial charge in [0, 0.05) is 46.3 Å². The van der Waals surface area contributed by atoms with E-state index in [9.17, 15) is 10.1 Å². The zero-order valence-electron chi connectivity index (χ0n) is 13.0. The summed E-state index contributed by atoms with van der Waals surface area (Å²) in [4.78, 5) is 14.7. The molecular weight excluding hydrogens is 382 g/mol. The van der Waals surface area contributed by atoms with Gasteiger partial charge in [-0.25, -0.2) is 0 Å². The number of benzene rings is 2. The van der Waals surface area contributed by atoms with Gasteiger partial charge in [-0.1, -0.05) is 24.3 Å². The lowest BCUT2D eigenvalue weighted by atomic mass is 10.0. The summed E-state index contributed by atoms with van der Waals surface area (Å²) in [7, 11) is 0. The van der Waals surface area contributed by atoms with Crippen LogP contribution in [0.25, 0.3) is 27.7 Å². The number of fused-ring (bicyclic) bond motifs is 1. The fourth-order valence-electron chi connectivity index (χ4n) is 2.88. The summed E-state index contributed by atoms with van der Waals surface area (Å²) in [6.45, 7) is 0. The molecule has 2 heterocycles. The molecule has 2 aromatic heterocycles. The minimum atomic E-state index is -0.377. The van der Waals surface area contributed by atoms with E-state index in [0.717, 1.165) is 32.2 Å². The van der Waals surface area contributed by atoms with Crippen molar-refractivity contribution in [2.45, 2.75) is 0 Å². The minimum absolute atomic E-state index is 0.0864. The molecule has 0 N–H and O–H groups in total. The van der Waals surface area contributed by atoms with Crippen molar-refractivity contribution in [3.63, 3.8) is 0 Å². The first kappa shape index (κ1) is 15.5. The first-order valence-electron chi connectivity index (χ1n) is 7.59. The molecule has 4 aromatic rings. The lowest BCUT2D eigenvalue weighted by molar-refractivity contribution is -0.384. The predicted molar refractivity (Wildman–Crippen MR) is 101 cm³/mol. The molecule has 0 spiro atoms. The fraction of sp³-hybridized carbons (Fsp3) is 0. The molecule has 5 nitrogen and oxygen atoms in total. The zero-order chi connectivity index (χ0) is 17.4. The third-order valence-electron chi connectivity index (χ3n) is 4.09. The Morgan fingerprint density at radius 1 is 1.00 bits per heavy atom. The van der Waals surface area contributed by atoms with Gasteiger partial charge in [0.2, 0.25) is 0 Å². The maximum Gasteiger partial charge on any atom is 0.270 e. The molecule has 0 aliphatic heterocycles. The van der Waals surface area contributed by atoms with Crippen molar-refractivity contribution in [2.75, 3.05) is 0 Å². The quantitative estimate of drug-likeness (QED) is 0.347. The van der Waals surface area contributed by atoms with Crippen LogP contribution in [0.1, 0.15) is 0 Å². The van der Waals surface area contributed by atoms with Crippen LogP contribution in [0.2, 0.25) is 0 Å².